The Morgan fingerprint density at radius 2 is 2.06 bits per heavy atom. The Hall–Kier alpha value is -2.04. The highest BCUT2D eigenvalue weighted by Gasteiger charge is 2.21. The van der Waals surface area contributed by atoms with Gasteiger partial charge >= 0.3 is 6.03 Å². The molecule has 90 valence electrons. The van der Waals surface area contributed by atoms with Crippen LogP contribution < -0.4 is 11.1 Å². The molecule has 0 saturated heterocycles. The van der Waals surface area contributed by atoms with E-state index >= 15 is 0 Å². The van der Waals surface area contributed by atoms with Crippen LogP contribution in [0, 0.1) is 13.8 Å². The zero-order valence-corrected chi connectivity index (χ0v) is 10.0. The second kappa shape index (κ2) is 4.45. The fraction of sp³-hybridized carbons (Fsp3) is 0.333. The number of aliphatic imine (C=N–C) groups is 1. The molecule has 2 amide bonds. The number of urea groups is 1. The van der Waals surface area contributed by atoms with E-state index in [0.717, 1.165) is 16.8 Å². The van der Waals surface area contributed by atoms with Crippen molar-refractivity contribution in [3.8, 4) is 0 Å². The Balaban J connectivity index is 2.16. The van der Waals surface area contributed by atoms with Crippen LogP contribution in [0.15, 0.2) is 23.2 Å². The van der Waals surface area contributed by atoms with Crippen LogP contribution in [0.2, 0.25) is 0 Å². The predicted molar refractivity (Wildman–Crippen MR) is 68.1 cm³/mol. The zero-order valence-electron chi connectivity index (χ0n) is 10.0. The lowest BCUT2D eigenvalue weighted by Crippen LogP contribution is -2.41. The van der Waals surface area contributed by atoms with Crippen LogP contribution in [0.1, 0.15) is 11.1 Å². The van der Waals surface area contributed by atoms with Gasteiger partial charge in [-0.2, -0.15) is 0 Å². The fourth-order valence-corrected chi connectivity index (χ4v) is 1.86. The maximum atomic E-state index is 12.0. The lowest BCUT2D eigenvalue weighted by Gasteiger charge is -2.18. The van der Waals surface area contributed by atoms with Gasteiger partial charge in [0.1, 0.15) is 0 Å². The number of anilines is 1. The molecule has 1 aliphatic heterocycles. The Morgan fingerprint density at radius 1 is 1.41 bits per heavy atom. The smallest absolute Gasteiger partial charge is 0.328 e. The first-order valence-electron chi connectivity index (χ1n) is 5.54. The van der Waals surface area contributed by atoms with Crippen LogP contribution in [-0.2, 0) is 0 Å². The number of aryl methyl sites for hydroxylation is 2. The molecule has 1 aromatic rings. The fourth-order valence-electron chi connectivity index (χ4n) is 1.86. The van der Waals surface area contributed by atoms with Gasteiger partial charge in [-0.15, -0.1) is 0 Å². The molecule has 0 unspecified atom stereocenters. The Bertz CT molecular complexity index is 461. The molecule has 1 heterocycles. The number of hydrogen-bond acceptors (Lipinski definition) is 3. The maximum Gasteiger partial charge on any atom is 0.328 e. The molecule has 0 radical (unpaired) electrons. The van der Waals surface area contributed by atoms with Crippen molar-refractivity contribution in [2.75, 3.05) is 18.4 Å². The number of nitrogens with zero attached hydrogens (tertiary/aromatic N) is 2. The van der Waals surface area contributed by atoms with Gasteiger partial charge in [-0.05, 0) is 25.0 Å². The molecule has 0 aliphatic carbocycles. The Kier molecular flexibility index (Phi) is 2.99. The zero-order chi connectivity index (χ0) is 12.4. The molecule has 3 N–H and O–H groups in total. The molecular formula is C12H16N4O. The van der Waals surface area contributed by atoms with E-state index in [9.17, 15) is 4.79 Å². The summed E-state index contributed by atoms with van der Waals surface area (Å²) >= 11 is 0. The standard InChI is InChI=1S/C12H16N4O/c1-8-4-3-5-9(2)10(8)15-12(17)16-7-6-14-11(16)13/h3-5H,6-7H2,1-2H3,(H2,13,14)(H,15,17). The van der Waals surface area contributed by atoms with Gasteiger partial charge in [-0.25, -0.2) is 4.79 Å². The number of nitrogens with one attached hydrogen (secondary N) is 1. The van der Waals surface area contributed by atoms with Gasteiger partial charge in [0, 0.05) is 5.69 Å². The molecule has 17 heavy (non-hydrogen) atoms. The number of para-hydroxylation sites is 1. The van der Waals surface area contributed by atoms with E-state index < -0.39 is 0 Å². The van der Waals surface area contributed by atoms with Gasteiger partial charge in [0.2, 0.25) is 0 Å². The number of benzene rings is 1. The van der Waals surface area contributed by atoms with E-state index in [1.54, 1.807) is 0 Å². The van der Waals surface area contributed by atoms with Crippen molar-refractivity contribution in [2.24, 2.45) is 10.7 Å². The van der Waals surface area contributed by atoms with E-state index in [1.165, 1.54) is 4.90 Å². The van der Waals surface area contributed by atoms with E-state index in [0.29, 0.717) is 13.1 Å². The van der Waals surface area contributed by atoms with Gasteiger partial charge in [-0.1, -0.05) is 18.2 Å². The third kappa shape index (κ3) is 2.22. The van der Waals surface area contributed by atoms with Crippen molar-refractivity contribution in [1.29, 1.82) is 0 Å². The first-order chi connectivity index (χ1) is 8.09. The summed E-state index contributed by atoms with van der Waals surface area (Å²) in [6, 6.07) is 5.67. The molecule has 5 heteroatoms. The SMILES string of the molecule is Cc1cccc(C)c1NC(=O)N1CCN=C1N. The van der Waals surface area contributed by atoms with Crippen LogP contribution in [0.3, 0.4) is 0 Å². The molecule has 2 rings (SSSR count). The first-order valence-corrected chi connectivity index (χ1v) is 5.54. The second-order valence-corrected chi connectivity index (χ2v) is 4.09. The van der Waals surface area contributed by atoms with Crippen LogP contribution in [-0.4, -0.2) is 30.0 Å². The summed E-state index contributed by atoms with van der Waals surface area (Å²) in [5.74, 6) is 0.286. The number of carbonyl (C=O) groups excluding carboxylic acids is 1. The van der Waals surface area contributed by atoms with E-state index in [-0.39, 0.29) is 12.0 Å². The Labute approximate surface area is 100 Å². The first kappa shape index (κ1) is 11.4. The van der Waals surface area contributed by atoms with Crippen LogP contribution in [0.4, 0.5) is 10.5 Å². The minimum Gasteiger partial charge on any atom is -0.369 e. The predicted octanol–water partition coefficient (Wildman–Crippen LogP) is 1.47. The quantitative estimate of drug-likeness (QED) is 0.769. The largest absolute Gasteiger partial charge is 0.369 e. The summed E-state index contributed by atoms with van der Waals surface area (Å²) in [5, 5.41) is 2.88. The van der Waals surface area contributed by atoms with E-state index in [2.05, 4.69) is 10.3 Å². The van der Waals surface area contributed by atoms with Gasteiger partial charge in [0.15, 0.2) is 5.96 Å². The molecule has 0 saturated carbocycles. The number of amides is 2. The molecule has 1 aromatic carbocycles. The molecule has 0 bridgehead atoms. The van der Waals surface area contributed by atoms with Gasteiger partial charge in [-0.3, -0.25) is 9.89 Å². The normalized spacial score (nSPS) is 14.7. The summed E-state index contributed by atoms with van der Waals surface area (Å²) in [6.07, 6.45) is 0. The Morgan fingerprint density at radius 3 is 2.59 bits per heavy atom. The summed E-state index contributed by atoms with van der Waals surface area (Å²) in [7, 11) is 0. The summed E-state index contributed by atoms with van der Waals surface area (Å²) in [5.41, 5.74) is 8.54. The van der Waals surface area contributed by atoms with Crippen LogP contribution >= 0.6 is 0 Å². The minimum absolute atomic E-state index is 0.221. The lowest BCUT2D eigenvalue weighted by molar-refractivity contribution is 0.236. The van der Waals surface area contributed by atoms with Crippen LogP contribution in [0.25, 0.3) is 0 Å². The lowest BCUT2D eigenvalue weighted by atomic mass is 10.1. The topological polar surface area (TPSA) is 70.7 Å². The summed E-state index contributed by atoms with van der Waals surface area (Å²) in [4.78, 5) is 17.4. The van der Waals surface area contributed by atoms with Crippen molar-refractivity contribution in [2.45, 2.75) is 13.8 Å². The van der Waals surface area contributed by atoms with Gasteiger partial charge in [0.25, 0.3) is 0 Å². The highest BCUT2D eigenvalue weighted by Crippen LogP contribution is 2.20. The molecule has 0 aromatic heterocycles. The van der Waals surface area contributed by atoms with E-state index in [4.69, 9.17) is 5.73 Å². The highest BCUT2D eigenvalue weighted by atomic mass is 16.2. The van der Waals surface area contributed by atoms with Gasteiger partial charge in [0.05, 0.1) is 13.1 Å². The number of nitrogens with two attached hydrogens (primary N) is 1. The molecule has 5 nitrogen and oxygen atoms in total. The van der Waals surface area contributed by atoms with Crippen molar-refractivity contribution in [3.63, 3.8) is 0 Å². The van der Waals surface area contributed by atoms with Crippen molar-refractivity contribution < 1.29 is 4.79 Å². The summed E-state index contributed by atoms with van der Waals surface area (Å²) in [6.45, 7) is 5.04. The third-order valence-electron chi connectivity index (χ3n) is 2.83. The number of hydrogen-bond donors (Lipinski definition) is 2. The molecular weight excluding hydrogens is 216 g/mol. The molecule has 1 aliphatic rings. The van der Waals surface area contributed by atoms with Crippen molar-refractivity contribution in [1.82, 2.24) is 4.90 Å². The van der Waals surface area contributed by atoms with Crippen LogP contribution in [0.5, 0.6) is 0 Å². The minimum atomic E-state index is -0.221. The number of rotatable bonds is 1. The second-order valence-electron chi connectivity index (χ2n) is 4.09. The number of carbonyl (C=O) groups is 1. The monoisotopic (exact) mass is 232 g/mol. The average Bonchev–Trinajstić information content (AvgIpc) is 2.70. The van der Waals surface area contributed by atoms with Crippen molar-refractivity contribution >= 4 is 17.7 Å². The maximum absolute atomic E-state index is 12.0. The molecule has 0 spiro atoms. The molecule has 0 fully saturated rings. The highest BCUT2D eigenvalue weighted by molar-refractivity contribution is 6.03. The van der Waals surface area contributed by atoms with Gasteiger partial charge < -0.3 is 11.1 Å². The summed E-state index contributed by atoms with van der Waals surface area (Å²) < 4.78 is 0. The average molecular weight is 232 g/mol. The third-order valence-corrected chi connectivity index (χ3v) is 2.83. The van der Waals surface area contributed by atoms with E-state index in [1.807, 2.05) is 32.0 Å². The molecule has 0 atom stereocenters. The number of guanidine groups is 1. The van der Waals surface area contributed by atoms with Crippen molar-refractivity contribution in [3.05, 3.63) is 29.3 Å².